The van der Waals surface area contributed by atoms with Crippen LogP contribution in [0.5, 0.6) is 0 Å². The Kier molecular flexibility index (Phi) is 9.46. The molecule has 1 N–H and O–H groups in total. The largest absolute Gasteiger partial charge is 0.352 e. The second-order valence-electron chi connectivity index (χ2n) is 8.30. The van der Waals surface area contributed by atoms with Crippen LogP contribution in [0, 0.1) is 6.92 Å². The number of anilines is 1. The van der Waals surface area contributed by atoms with E-state index in [2.05, 4.69) is 5.32 Å². The van der Waals surface area contributed by atoms with Crippen LogP contribution < -0.4 is 9.62 Å². The Morgan fingerprint density at radius 3 is 2.12 bits per heavy atom. The van der Waals surface area contributed by atoms with Crippen molar-refractivity contribution < 1.29 is 18.0 Å². The zero-order valence-corrected chi connectivity index (χ0v) is 20.9. The van der Waals surface area contributed by atoms with E-state index < -0.39 is 22.0 Å². The topological polar surface area (TPSA) is 86.8 Å². The van der Waals surface area contributed by atoms with Gasteiger partial charge in [-0.25, -0.2) is 8.42 Å². The third-order valence-corrected chi connectivity index (χ3v) is 6.85. The Balaban J connectivity index is 2.43. The van der Waals surface area contributed by atoms with E-state index in [9.17, 15) is 18.0 Å². The van der Waals surface area contributed by atoms with Gasteiger partial charge >= 0.3 is 0 Å². The van der Waals surface area contributed by atoms with Crippen LogP contribution >= 0.6 is 0 Å². The Labute approximate surface area is 197 Å². The molecule has 2 atom stereocenters. The van der Waals surface area contributed by atoms with E-state index in [0.717, 1.165) is 28.1 Å². The number of carbonyl (C=O) groups is 2. The van der Waals surface area contributed by atoms with Gasteiger partial charge in [0.05, 0.1) is 11.9 Å². The lowest BCUT2D eigenvalue weighted by Crippen LogP contribution is -2.53. The molecule has 0 spiro atoms. The number of rotatable bonds is 11. The molecule has 0 aromatic heterocycles. The number of amides is 2. The molecule has 2 aromatic carbocycles. The molecule has 0 bridgehead atoms. The number of nitrogens with one attached hydrogen (secondary N) is 1. The first-order chi connectivity index (χ1) is 15.6. The van der Waals surface area contributed by atoms with Crippen molar-refractivity contribution in [3.8, 4) is 0 Å². The highest BCUT2D eigenvalue weighted by molar-refractivity contribution is 7.92. The molecular weight excluding hydrogens is 438 g/mol. The molecule has 0 aliphatic carbocycles. The van der Waals surface area contributed by atoms with Crippen molar-refractivity contribution in [1.82, 2.24) is 10.2 Å². The fraction of sp³-hybridized carbons (Fsp3) is 0.440. The number of aryl methyl sites for hydroxylation is 1. The highest BCUT2D eigenvalue weighted by atomic mass is 32.2. The average molecular weight is 474 g/mol. The van der Waals surface area contributed by atoms with Crippen molar-refractivity contribution >= 4 is 27.5 Å². The zero-order valence-electron chi connectivity index (χ0n) is 20.1. The molecule has 0 saturated carbocycles. The number of carbonyl (C=O) groups excluding carboxylic acids is 2. The van der Waals surface area contributed by atoms with E-state index in [1.807, 2.05) is 52.0 Å². The summed E-state index contributed by atoms with van der Waals surface area (Å²) < 4.78 is 26.2. The van der Waals surface area contributed by atoms with E-state index >= 15 is 0 Å². The molecule has 180 valence electrons. The summed E-state index contributed by atoms with van der Waals surface area (Å²) in [6, 6.07) is 15.4. The summed E-state index contributed by atoms with van der Waals surface area (Å²) in [6.07, 6.45) is 2.25. The van der Waals surface area contributed by atoms with Gasteiger partial charge in [0.15, 0.2) is 0 Å². The first-order valence-electron chi connectivity index (χ1n) is 11.3. The minimum absolute atomic E-state index is 0.0289. The second kappa shape index (κ2) is 11.8. The number of hydrogen-bond donors (Lipinski definition) is 1. The molecule has 0 heterocycles. The highest BCUT2D eigenvalue weighted by Crippen LogP contribution is 2.20. The van der Waals surface area contributed by atoms with Gasteiger partial charge in [-0.3, -0.25) is 13.9 Å². The number of para-hydroxylation sites is 1. The van der Waals surface area contributed by atoms with Crippen LogP contribution in [0.2, 0.25) is 0 Å². The maximum Gasteiger partial charge on any atom is 0.244 e. The van der Waals surface area contributed by atoms with E-state index in [0.29, 0.717) is 12.1 Å². The first-order valence-corrected chi connectivity index (χ1v) is 13.1. The third-order valence-electron chi connectivity index (χ3n) is 5.71. The Morgan fingerprint density at radius 1 is 0.970 bits per heavy atom. The molecule has 8 heteroatoms. The van der Waals surface area contributed by atoms with E-state index in [4.69, 9.17) is 0 Å². The van der Waals surface area contributed by atoms with Gasteiger partial charge in [-0.1, -0.05) is 56.3 Å². The van der Waals surface area contributed by atoms with Crippen LogP contribution in [0.15, 0.2) is 54.6 Å². The molecule has 33 heavy (non-hydrogen) atoms. The lowest BCUT2D eigenvalue weighted by molar-refractivity contribution is -0.140. The maximum absolute atomic E-state index is 13.6. The molecule has 0 saturated heterocycles. The fourth-order valence-corrected chi connectivity index (χ4v) is 4.39. The lowest BCUT2D eigenvalue weighted by Gasteiger charge is -2.33. The Morgan fingerprint density at radius 2 is 1.58 bits per heavy atom. The van der Waals surface area contributed by atoms with Crippen molar-refractivity contribution in [2.24, 2.45) is 0 Å². The number of hydrogen-bond acceptors (Lipinski definition) is 4. The second-order valence-corrected chi connectivity index (χ2v) is 10.2. The normalized spacial score (nSPS) is 13.1. The van der Waals surface area contributed by atoms with Gasteiger partial charge in [0.2, 0.25) is 21.8 Å². The minimum Gasteiger partial charge on any atom is -0.352 e. The zero-order chi connectivity index (χ0) is 24.6. The molecular formula is C25H35N3O4S. The van der Waals surface area contributed by atoms with Crippen molar-refractivity contribution in [2.45, 2.75) is 59.2 Å². The van der Waals surface area contributed by atoms with Gasteiger partial charge in [0.25, 0.3) is 0 Å². The van der Waals surface area contributed by atoms with Crippen molar-refractivity contribution in [3.63, 3.8) is 0 Å². The van der Waals surface area contributed by atoms with Crippen LogP contribution in [-0.4, -0.2) is 50.0 Å². The summed E-state index contributed by atoms with van der Waals surface area (Å²) in [7, 11) is -3.72. The smallest absolute Gasteiger partial charge is 0.244 e. The summed E-state index contributed by atoms with van der Waals surface area (Å²) in [5.41, 5.74) is 2.31. The van der Waals surface area contributed by atoms with Crippen molar-refractivity contribution in [2.75, 3.05) is 17.1 Å². The minimum atomic E-state index is -3.72. The van der Waals surface area contributed by atoms with Crippen LogP contribution in [0.25, 0.3) is 0 Å². The molecule has 2 amide bonds. The van der Waals surface area contributed by atoms with Gasteiger partial charge in [-0.2, -0.15) is 0 Å². The van der Waals surface area contributed by atoms with E-state index in [1.165, 1.54) is 4.90 Å². The van der Waals surface area contributed by atoms with E-state index in [-0.39, 0.29) is 25.0 Å². The summed E-state index contributed by atoms with van der Waals surface area (Å²) in [5.74, 6) is -0.668. The number of sulfonamides is 1. The SMILES string of the molecule is CC[C@@H](C)NC(=O)[C@@H](CC)N(Cc1ccccc1C)C(=O)CN(c1ccccc1)S(C)(=O)=O. The highest BCUT2D eigenvalue weighted by Gasteiger charge is 2.32. The molecule has 0 aliphatic rings. The Bertz CT molecular complexity index is 1040. The van der Waals surface area contributed by atoms with Gasteiger partial charge in [0.1, 0.15) is 12.6 Å². The van der Waals surface area contributed by atoms with Gasteiger partial charge in [0, 0.05) is 12.6 Å². The molecule has 7 nitrogen and oxygen atoms in total. The third kappa shape index (κ3) is 7.32. The summed E-state index contributed by atoms with van der Waals surface area (Å²) in [6.45, 7) is 7.52. The average Bonchev–Trinajstić information content (AvgIpc) is 2.78. The first kappa shape index (κ1) is 26.4. The molecule has 2 rings (SSSR count). The van der Waals surface area contributed by atoms with Gasteiger partial charge in [-0.05, 0) is 49.9 Å². The number of nitrogens with zero attached hydrogens (tertiary/aromatic N) is 2. The lowest BCUT2D eigenvalue weighted by atomic mass is 10.1. The van der Waals surface area contributed by atoms with Crippen LogP contribution in [0.3, 0.4) is 0 Å². The predicted octanol–water partition coefficient (Wildman–Crippen LogP) is 3.48. The monoisotopic (exact) mass is 473 g/mol. The molecule has 0 aliphatic heterocycles. The standard InChI is InChI=1S/C25H35N3O4S/c1-6-20(4)26-25(30)23(7-2)27(17-21-14-12-11-13-19(21)3)24(29)18-28(33(5,31)32)22-15-9-8-10-16-22/h8-16,20,23H,6-7,17-18H2,1-5H3,(H,26,30)/t20-,23-/m1/s1. The summed E-state index contributed by atoms with van der Waals surface area (Å²) in [5, 5.41) is 2.97. The number of benzene rings is 2. The molecule has 0 radical (unpaired) electrons. The molecule has 0 unspecified atom stereocenters. The van der Waals surface area contributed by atoms with Crippen LogP contribution in [0.4, 0.5) is 5.69 Å². The van der Waals surface area contributed by atoms with Crippen molar-refractivity contribution in [1.29, 1.82) is 0 Å². The Hall–Kier alpha value is -2.87. The van der Waals surface area contributed by atoms with E-state index in [1.54, 1.807) is 30.3 Å². The molecule has 0 fully saturated rings. The maximum atomic E-state index is 13.6. The summed E-state index contributed by atoms with van der Waals surface area (Å²) >= 11 is 0. The van der Waals surface area contributed by atoms with Crippen molar-refractivity contribution in [3.05, 3.63) is 65.7 Å². The quantitative estimate of drug-likeness (QED) is 0.541. The van der Waals surface area contributed by atoms with Crippen LogP contribution in [-0.2, 0) is 26.2 Å². The van der Waals surface area contributed by atoms with Gasteiger partial charge in [-0.15, -0.1) is 0 Å². The van der Waals surface area contributed by atoms with Crippen LogP contribution in [0.1, 0.15) is 44.7 Å². The predicted molar refractivity (Wildman–Crippen MR) is 132 cm³/mol. The fourth-order valence-electron chi connectivity index (χ4n) is 3.54. The van der Waals surface area contributed by atoms with Gasteiger partial charge < -0.3 is 10.2 Å². The summed E-state index contributed by atoms with van der Waals surface area (Å²) in [4.78, 5) is 28.2. The molecule has 2 aromatic rings.